The van der Waals surface area contributed by atoms with Gasteiger partial charge in [0, 0.05) is 19.5 Å². The average Bonchev–Trinajstić information content (AvgIpc) is 2.99. The van der Waals surface area contributed by atoms with Gasteiger partial charge in [-0.15, -0.1) is 0 Å². The number of nitrogens with zero attached hydrogens (tertiary/aromatic N) is 2. The topological polar surface area (TPSA) is 73.2 Å². The molecule has 0 unspecified atom stereocenters. The van der Waals surface area contributed by atoms with Gasteiger partial charge in [0.05, 0.1) is 10.9 Å². The SMILES string of the molecule is O=C(COc1ccc2nc3n(c(=O)c2c1)CCCCC3)NCCc1ccccc1. The fraction of sp³-hybridized carbons (Fsp3) is 0.348. The molecular formula is C23H25N3O3. The summed E-state index contributed by atoms with van der Waals surface area (Å²) in [5.41, 5.74) is 1.84. The van der Waals surface area contributed by atoms with Crippen molar-refractivity contribution in [1.82, 2.24) is 14.9 Å². The minimum atomic E-state index is -0.183. The molecule has 0 saturated carbocycles. The monoisotopic (exact) mass is 391 g/mol. The largest absolute Gasteiger partial charge is 0.484 e. The molecule has 6 nitrogen and oxygen atoms in total. The summed E-state index contributed by atoms with van der Waals surface area (Å²) in [6, 6.07) is 15.3. The number of aryl methyl sites for hydroxylation is 1. The van der Waals surface area contributed by atoms with Gasteiger partial charge in [0.1, 0.15) is 11.6 Å². The molecule has 1 aliphatic rings. The van der Waals surface area contributed by atoms with Crippen LogP contribution in [0.4, 0.5) is 0 Å². The summed E-state index contributed by atoms with van der Waals surface area (Å²) in [6.07, 6.45) is 4.80. The first kappa shape index (κ1) is 19.2. The number of ether oxygens (including phenoxy) is 1. The second-order valence-electron chi connectivity index (χ2n) is 7.35. The molecule has 1 N–H and O–H groups in total. The molecule has 4 rings (SSSR count). The maximum atomic E-state index is 12.9. The molecule has 0 saturated heterocycles. The lowest BCUT2D eigenvalue weighted by Crippen LogP contribution is -2.30. The summed E-state index contributed by atoms with van der Waals surface area (Å²) in [6.45, 7) is 1.19. The Morgan fingerprint density at radius 1 is 1.10 bits per heavy atom. The molecule has 3 aromatic rings. The summed E-state index contributed by atoms with van der Waals surface area (Å²) in [5, 5.41) is 3.40. The molecule has 0 bridgehead atoms. The van der Waals surface area contributed by atoms with E-state index in [-0.39, 0.29) is 18.1 Å². The number of nitrogens with one attached hydrogen (secondary N) is 1. The first-order chi connectivity index (χ1) is 14.2. The molecular weight excluding hydrogens is 366 g/mol. The van der Waals surface area contributed by atoms with Crippen molar-refractivity contribution in [2.24, 2.45) is 0 Å². The lowest BCUT2D eigenvalue weighted by molar-refractivity contribution is -0.123. The van der Waals surface area contributed by atoms with Crippen LogP contribution in [-0.2, 0) is 24.2 Å². The van der Waals surface area contributed by atoms with E-state index in [0.717, 1.165) is 37.9 Å². The highest BCUT2D eigenvalue weighted by atomic mass is 16.5. The van der Waals surface area contributed by atoms with Crippen LogP contribution in [-0.4, -0.2) is 28.6 Å². The van der Waals surface area contributed by atoms with Crippen molar-refractivity contribution >= 4 is 16.8 Å². The number of hydrogen-bond donors (Lipinski definition) is 1. The van der Waals surface area contributed by atoms with Gasteiger partial charge in [-0.2, -0.15) is 0 Å². The van der Waals surface area contributed by atoms with Crippen LogP contribution < -0.4 is 15.6 Å². The van der Waals surface area contributed by atoms with Crippen LogP contribution in [0.25, 0.3) is 10.9 Å². The van der Waals surface area contributed by atoms with Crippen molar-refractivity contribution in [3.8, 4) is 5.75 Å². The summed E-state index contributed by atoms with van der Waals surface area (Å²) in [7, 11) is 0. The molecule has 29 heavy (non-hydrogen) atoms. The van der Waals surface area contributed by atoms with E-state index >= 15 is 0 Å². The fourth-order valence-electron chi connectivity index (χ4n) is 3.68. The van der Waals surface area contributed by atoms with E-state index in [9.17, 15) is 9.59 Å². The van der Waals surface area contributed by atoms with Crippen molar-refractivity contribution in [3.63, 3.8) is 0 Å². The molecule has 150 valence electrons. The Hall–Kier alpha value is -3.15. The molecule has 1 aromatic heterocycles. The lowest BCUT2D eigenvalue weighted by atomic mass is 10.1. The van der Waals surface area contributed by atoms with Gasteiger partial charge in [-0.05, 0) is 43.0 Å². The predicted octanol–water partition coefficient (Wildman–Crippen LogP) is 2.86. The van der Waals surface area contributed by atoms with Gasteiger partial charge in [0.2, 0.25) is 0 Å². The van der Waals surface area contributed by atoms with E-state index in [1.807, 2.05) is 30.3 Å². The normalized spacial score (nSPS) is 13.5. The van der Waals surface area contributed by atoms with E-state index in [2.05, 4.69) is 10.3 Å². The summed E-state index contributed by atoms with van der Waals surface area (Å²) in [5.74, 6) is 1.19. The van der Waals surface area contributed by atoms with Gasteiger partial charge < -0.3 is 10.1 Å². The van der Waals surface area contributed by atoms with E-state index < -0.39 is 0 Å². The highest BCUT2D eigenvalue weighted by Gasteiger charge is 2.14. The Labute approximate surface area is 169 Å². The minimum Gasteiger partial charge on any atom is -0.484 e. The van der Waals surface area contributed by atoms with Gasteiger partial charge >= 0.3 is 0 Å². The zero-order valence-corrected chi connectivity index (χ0v) is 16.4. The average molecular weight is 391 g/mol. The van der Waals surface area contributed by atoms with Gasteiger partial charge in [-0.3, -0.25) is 14.2 Å². The van der Waals surface area contributed by atoms with Crippen LogP contribution in [0.1, 0.15) is 30.7 Å². The number of carbonyl (C=O) groups excluding carboxylic acids is 1. The van der Waals surface area contributed by atoms with Crippen LogP contribution in [0.3, 0.4) is 0 Å². The highest BCUT2D eigenvalue weighted by Crippen LogP contribution is 2.19. The standard InChI is InChI=1S/C23H25N3O3/c27-22(24-13-12-17-7-3-1-4-8-17)16-29-18-10-11-20-19(15-18)23(28)26-14-6-2-5-9-21(26)25-20/h1,3-4,7-8,10-11,15H,2,5-6,9,12-14,16H2,(H,24,27). The minimum absolute atomic E-state index is 0.0235. The maximum absolute atomic E-state index is 12.9. The van der Waals surface area contributed by atoms with Crippen molar-refractivity contribution in [2.45, 2.75) is 38.6 Å². The summed E-state index contributed by atoms with van der Waals surface area (Å²) >= 11 is 0. The predicted molar refractivity (Wildman–Crippen MR) is 112 cm³/mol. The maximum Gasteiger partial charge on any atom is 0.261 e. The molecule has 2 aromatic carbocycles. The molecule has 0 radical (unpaired) electrons. The van der Waals surface area contributed by atoms with Crippen molar-refractivity contribution in [1.29, 1.82) is 0 Å². The Morgan fingerprint density at radius 3 is 2.83 bits per heavy atom. The Balaban J connectivity index is 1.38. The van der Waals surface area contributed by atoms with Crippen LogP contribution >= 0.6 is 0 Å². The molecule has 0 aliphatic carbocycles. The van der Waals surface area contributed by atoms with Gasteiger partial charge in [-0.25, -0.2) is 4.98 Å². The van der Waals surface area contributed by atoms with E-state index in [1.165, 1.54) is 5.56 Å². The molecule has 0 atom stereocenters. The van der Waals surface area contributed by atoms with Gasteiger partial charge in [-0.1, -0.05) is 36.8 Å². The van der Waals surface area contributed by atoms with Crippen LogP contribution in [0.15, 0.2) is 53.3 Å². The number of amides is 1. The van der Waals surface area contributed by atoms with E-state index in [1.54, 1.807) is 22.8 Å². The third kappa shape index (κ3) is 4.65. The Bertz CT molecular complexity index is 1060. The van der Waals surface area contributed by atoms with E-state index in [0.29, 0.717) is 29.7 Å². The smallest absolute Gasteiger partial charge is 0.261 e. The second-order valence-corrected chi connectivity index (χ2v) is 7.35. The van der Waals surface area contributed by atoms with Crippen molar-refractivity contribution < 1.29 is 9.53 Å². The van der Waals surface area contributed by atoms with Gasteiger partial charge in [0.25, 0.3) is 11.5 Å². The molecule has 0 fully saturated rings. The number of hydrogen-bond acceptors (Lipinski definition) is 4. The van der Waals surface area contributed by atoms with Crippen LogP contribution in [0.2, 0.25) is 0 Å². The number of rotatable bonds is 6. The van der Waals surface area contributed by atoms with E-state index in [4.69, 9.17) is 4.74 Å². The second kappa shape index (κ2) is 8.90. The van der Waals surface area contributed by atoms with Gasteiger partial charge in [0.15, 0.2) is 6.61 Å². The zero-order valence-electron chi connectivity index (χ0n) is 16.4. The molecule has 0 spiro atoms. The van der Waals surface area contributed by atoms with Crippen molar-refractivity contribution in [3.05, 3.63) is 70.3 Å². The van der Waals surface area contributed by atoms with Crippen LogP contribution in [0.5, 0.6) is 5.75 Å². The molecule has 1 aliphatic heterocycles. The lowest BCUT2D eigenvalue weighted by Gasteiger charge is -2.11. The number of carbonyl (C=O) groups is 1. The first-order valence-electron chi connectivity index (χ1n) is 10.2. The third-order valence-corrected chi connectivity index (χ3v) is 5.24. The molecule has 1 amide bonds. The Kier molecular flexibility index (Phi) is 5.89. The summed E-state index contributed by atoms with van der Waals surface area (Å²) in [4.78, 5) is 29.6. The molecule has 6 heteroatoms. The number of benzene rings is 2. The number of fused-ring (bicyclic) bond motifs is 2. The highest BCUT2D eigenvalue weighted by molar-refractivity contribution is 5.80. The first-order valence-corrected chi connectivity index (χ1v) is 10.2. The Morgan fingerprint density at radius 2 is 1.97 bits per heavy atom. The van der Waals surface area contributed by atoms with Crippen molar-refractivity contribution in [2.75, 3.05) is 13.2 Å². The quantitative estimate of drug-likeness (QED) is 0.701. The zero-order chi connectivity index (χ0) is 20.1. The fourth-order valence-corrected chi connectivity index (χ4v) is 3.68. The third-order valence-electron chi connectivity index (χ3n) is 5.24. The van der Waals surface area contributed by atoms with Crippen LogP contribution in [0, 0.1) is 0 Å². The molecule has 2 heterocycles. The number of aromatic nitrogens is 2. The summed E-state index contributed by atoms with van der Waals surface area (Å²) < 4.78 is 7.40.